The predicted molar refractivity (Wildman–Crippen MR) is 493 cm³/mol. The smallest absolute Gasteiger partial charge is 0.448 e. The minimum absolute atomic E-state index is 0. The molecule has 3 unspecified atom stereocenters. The third kappa shape index (κ3) is 25.1. The van der Waals surface area contributed by atoms with Crippen molar-refractivity contribution in [1.82, 2.24) is 0 Å². The van der Waals surface area contributed by atoms with E-state index < -0.39 is 7.12 Å². The lowest BCUT2D eigenvalue weighted by Gasteiger charge is -2.30. The van der Waals surface area contributed by atoms with Gasteiger partial charge in [-0.2, -0.15) is 0 Å². The summed E-state index contributed by atoms with van der Waals surface area (Å²) in [4.78, 5) is 48.4. The number of carbonyl (C=O) groups is 4. The first-order valence-corrected chi connectivity index (χ1v) is 43.9. The van der Waals surface area contributed by atoms with Gasteiger partial charge in [0.15, 0.2) is 0 Å². The predicted octanol–water partition coefficient (Wildman–Crippen LogP) is 21.6. The molecule has 15 rings (SSSR count). The maximum Gasteiger partial charge on any atom is 0.448 e. The highest BCUT2D eigenvalue weighted by atomic mass is 16.5. The Bertz CT molecular complexity index is 4610. The molecule has 19 heteroatoms. The summed E-state index contributed by atoms with van der Waals surface area (Å²) in [5.74, 6) is 5.75. The van der Waals surface area contributed by atoms with Crippen molar-refractivity contribution in [3.05, 3.63) is 250 Å². The van der Waals surface area contributed by atoms with E-state index in [1.165, 1.54) is 152 Å². The fourth-order valence-electron chi connectivity index (χ4n) is 18.4. The Labute approximate surface area is 737 Å². The molecule has 16 nitrogen and oxygen atoms in total. The maximum absolute atomic E-state index is 12.2. The summed E-state index contributed by atoms with van der Waals surface area (Å²) in [5, 5.41) is 44.5. The molecule has 3 aliphatic heterocycles. The number of hydrogen-bond donors (Lipinski definition) is 5. The molecule has 0 amide bonds. The lowest BCUT2D eigenvalue weighted by Crippen LogP contribution is -2.23. The van der Waals surface area contributed by atoms with Crippen molar-refractivity contribution in [2.75, 3.05) is 28.4 Å². The first kappa shape index (κ1) is 98.7. The Kier molecular flexibility index (Phi) is 35.5. The van der Waals surface area contributed by atoms with Gasteiger partial charge in [0, 0.05) is 16.8 Å². The lowest BCUT2D eigenvalue weighted by atomic mass is 9.82. The number of carbonyl (C=O) groups excluding carboxylic acids is 4. The van der Waals surface area contributed by atoms with Gasteiger partial charge in [-0.1, -0.05) is 120 Å². The highest BCUT2D eigenvalue weighted by Gasteiger charge is 2.44. The molecule has 4 saturated carbocycles. The molecule has 0 saturated heterocycles. The minimum Gasteiger partial charge on any atom is -0.508 e. The molecular weight excluding hydrogens is 1540 g/mol. The van der Waals surface area contributed by atoms with Crippen LogP contribution in [0.5, 0.6) is 34.5 Å². The van der Waals surface area contributed by atoms with E-state index in [4.69, 9.17) is 43.2 Å². The van der Waals surface area contributed by atoms with Gasteiger partial charge in [-0.3, -0.25) is 19.2 Å². The summed E-state index contributed by atoms with van der Waals surface area (Å²) < 4.78 is 39.5. The Morgan fingerprint density at radius 3 is 0.935 bits per heavy atom. The molecule has 3 heterocycles. The second-order valence-corrected chi connectivity index (χ2v) is 35.4. The number of phenolic OH excluding ortho intramolecular Hbond substituents is 3. The quantitative estimate of drug-likeness (QED) is 0.0256. The molecule has 8 aromatic rings. The molecule has 0 aromatic heterocycles. The zero-order valence-electron chi connectivity index (χ0n) is 76.6. The van der Waals surface area contributed by atoms with Crippen LogP contribution in [0.3, 0.4) is 0 Å². The van der Waals surface area contributed by atoms with E-state index in [0.717, 1.165) is 120 Å². The number of phenols is 3. The van der Waals surface area contributed by atoms with Crippen molar-refractivity contribution in [2.45, 2.75) is 249 Å². The summed E-state index contributed by atoms with van der Waals surface area (Å²) >= 11 is 0. The molecule has 11 atom stereocenters. The van der Waals surface area contributed by atoms with E-state index in [9.17, 15) is 34.5 Å². The number of aromatic hydroxyl groups is 3. The maximum atomic E-state index is 12.2. The molecule has 4 aliphatic carbocycles. The van der Waals surface area contributed by atoms with Crippen molar-refractivity contribution < 1.29 is 77.7 Å². The average molecular weight is 1670 g/mol. The van der Waals surface area contributed by atoms with E-state index in [1.54, 1.807) is 12.1 Å². The SMILES string of the molecule is C=Cc1cc(C)c(O)cc1C.CB(O)O.CCc1ccc([C@H](C2CC2)[C@H](C)C(=O)OC)cc1O.COC(=O)[C@@H](C)[C@H](c1ccc2c(c1)OC(c1cc(C)c(C)cc1C)CC2)C1CC1.COC(=O)[C@@H](C)[C@H](c1ccc2c(c1)OC(c1cc(C)c(C)cc1C)CC2)C1CC1.COC(=O)[C@@H](C)[C@H](c1ccc2c(c1)OC(c1cc(C)c(O)cc1C)CC2)C1CC1.[B].[B]. The van der Waals surface area contributed by atoms with E-state index in [0.29, 0.717) is 40.9 Å². The van der Waals surface area contributed by atoms with E-state index >= 15 is 0 Å². The molecule has 4 fully saturated rings. The zero-order chi connectivity index (χ0) is 88.1. The first-order valence-electron chi connectivity index (χ1n) is 43.9. The van der Waals surface area contributed by atoms with Crippen LogP contribution in [0, 0.1) is 117 Å². The Balaban J connectivity index is 0.000000193. The number of ether oxygens (including phenoxy) is 7. The van der Waals surface area contributed by atoms with Crippen LogP contribution in [0.25, 0.3) is 6.08 Å². The van der Waals surface area contributed by atoms with E-state index in [2.05, 4.69) is 127 Å². The Hall–Kier alpha value is -9.71. The number of aryl methyl sites for hydroxylation is 14. The number of fused-ring (bicyclic) bond motifs is 3. The van der Waals surface area contributed by atoms with Crippen LogP contribution in [0.4, 0.5) is 0 Å². The second-order valence-electron chi connectivity index (χ2n) is 35.4. The van der Waals surface area contributed by atoms with Gasteiger partial charge < -0.3 is 58.5 Å². The van der Waals surface area contributed by atoms with Gasteiger partial charge in [-0.05, 0) is 391 Å². The molecule has 123 heavy (non-hydrogen) atoms. The summed E-state index contributed by atoms with van der Waals surface area (Å²) in [7, 11) is 4.69. The number of benzene rings is 8. The van der Waals surface area contributed by atoms with Gasteiger partial charge in [0.05, 0.1) is 52.1 Å². The van der Waals surface area contributed by atoms with Gasteiger partial charge in [0.1, 0.15) is 52.8 Å². The fourth-order valence-corrected chi connectivity index (χ4v) is 18.4. The zero-order valence-corrected chi connectivity index (χ0v) is 76.6. The van der Waals surface area contributed by atoms with Crippen LogP contribution >= 0.6 is 0 Å². The normalized spacial score (nSPS) is 18.2. The van der Waals surface area contributed by atoms with Gasteiger partial charge in [-0.25, -0.2) is 0 Å². The summed E-state index contributed by atoms with van der Waals surface area (Å²) in [6.45, 7) is 35.6. The van der Waals surface area contributed by atoms with Crippen LogP contribution in [-0.2, 0) is 63.8 Å². The van der Waals surface area contributed by atoms with E-state index in [-0.39, 0.29) is 106 Å². The molecular formula is C104H133B3O16. The van der Waals surface area contributed by atoms with E-state index in [1.807, 2.05) is 98.7 Å². The van der Waals surface area contributed by atoms with Gasteiger partial charge in [0.2, 0.25) is 0 Å². The molecule has 6 radical (unpaired) electrons. The minimum atomic E-state index is -1.17. The van der Waals surface area contributed by atoms with Crippen molar-refractivity contribution >= 4 is 53.9 Å². The standard InChI is InChI=1S/2C26H32O3.C25H30O4.C16H22O3.C10H12O.CH5BO2.2B/c2*1-15-12-17(3)22(13-16(15)2)23-11-10-19-6-9-21(14-24(19)29-23)25(20-7-8-20)18(4)26(27)28-5;1-14-12-21(26)15(2)11-20(14)22-10-9-17-5-8-19(13-23(17)29-22)24(18-6-7-18)16(3)25(27)28-4;1-4-11-5-8-13(9-14(11)17)15(12-6-7-12)10(2)16(18)19-3;1-4-9-5-8(3)10(11)6-7(9)2;1-2(3)4;;/h2*6,9,12-14,18,20,23,25H,7-8,10-11H2,1-5H3;5,8,11-13,16,18,22,24,26H,6-7,9-10H2,1-4H3;5,8-10,12,15,17H,4,6-7H2,1-3H3;4-6,11H,1H2,2-3H3;3-4H,1H3;;/t2*18-,23?,25-;16-,22?,24-;10-,15-;;;;/m0000..../s1. The fraction of sp³-hybridized carbons (Fsp3) is 0.481. The van der Waals surface area contributed by atoms with Crippen molar-refractivity contribution in [3.63, 3.8) is 0 Å². The molecule has 7 aliphatic rings. The Morgan fingerprint density at radius 2 is 0.650 bits per heavy atom. The van der Waals surface area contributed by atoms with Crippen LogP contribution in [0.15, 0.2) is 128 Å². The first-order chi connectivity index (χ1) is 57.6. The molecule has 654 valence electrons. The number of hydrogen-bond acceptors (Lipinski definition) is 16. The molecule has 0 spiro atoms. The van der Waals surface area contributed by atoms with Crippen molar-refractivity contribution in [3.8, 4) is 34.5 Å². The summed E-state index contributed by atoms with van der Waals surface area (Å²) in [5.41, 5.74) is 25.9. The topological polar surface area (TPSA) is 234 Å². The van der Waals surface area contributed by atoms with Crippen LogP contribution in [0.2, 0.25) is 6.82 Å². The summed E-state index contributed by atoms with van der Waals surface area (Å²) in [6, 6.07) is 42.1. The van der Waals surface area contributed by atoms with Gasteiger partial charge in [-0.15, -0.1) is 0 Å². The highest BCUT2D eigenvalue weighted by Crippen LogP contribution is 2.53. The molecule has 8 aromatic carbocycles. The van der Waals surface area contributed by atoms with Crippen LogP contribution in [-0.4, -0.2) is 102 Å². The van der Waals surface area contributed by atoms with Gasteiger partial charge in [0.25, 0.3) is 0 Å². The monoisotopic (exact) mass is 1670 g/mol. The number of methoxy groups -OCH3 is 4. The summed E-state index contributed by atoms with van der Waals surface area (Å²) in [6.07, 6.45) is 18.1. The number of rotatable bonds is 21. The van der Waals surface area contributed by atoms with Gasteiger partial charge >= 0.3 is 31.0 Å². The van der Waals surface area contributed by atoms with Crippen LogP contribution < -0.4 is 14.2 Å². The van der Waals surface area contributed by atoms with Crippen molar-refractivity contribution in [1.29, 1.82) is 0 Å². The van der Waals surface area contributed by atoms with Crippen molar-refractivity contribution in [2.24, 2.45) is 47.3 Å². The average Bonchev–Trinajstić information content (AvgIpc) is 1.51. The third-order valence-electron chi connectivity index (χ3n) is 26.3. The molecule has 0 bridgehead atoms. The third-order valence-corrected chi connectivity index (χ3v) is 26.3. The Morgan fingerprint density at radius 1 is 0.382 bits per heavy atom. The largest absolute Gasteiger partial charge is 0.508 e. The second kappa shape index (κ2) is 44.3. The van der Waals surface area contributed by atoms with Crippen LogP contribution in [0.1, 0.15) is 270 Å². The highest BCUT2D eigenvalue weighted by molar-refractivity contribution is 6.39. The lowest BCUT2D eigenvalue weighted by molar-refractivity contribution is -0.146. The number of esters is 4. The molecule has 5 N–H and O–H groups in total.